The Morgan fingerprint density at radius 1 is 0.900 bits per heavy atom. The third kappa shape index (κ3) is 3.32. The second-order valence-corrected chi connectivity index (χ2v) is 4.97. The molecule has 5 heteroatoms. The summed E-state index contributed by atoms with van der Waals surface area (Å²) in [7, 11) is 0. The van der Waals surface area contributed by atoms with Crippen LogP contribution in [0, 0.1) is 17.5 Å². The molecule has 2 N–H and O–H groups in total. The maximum absolute atomic E-state index is 13.5. The second kappa shape index (κ2) is 6.29. The Labute approximate surface area is 120 Å². The molecule has 0 bridgehead atoms. The highest BCUT2D eigenvalue weighted by molar-refractivity contribution is 6.31. The molecule has 1 atom stereocenters. The van der Waals surface area contributed by atoms with Gasteiger partial charge in [-0.2, -0.15) is 0 Å². The molecule has 0 aliphatic carbocycles. The zero-order valence-corrected chi connectivity index (χ0v) is 11.3. The first-order valence-corrected chi connectivity index (χ1v) is 6.48. The molecule has 0 saturated heterocycles. The van der Waals surface area contributed by atoms with Gasteiger partial charge in [-0.25, -0.2) is 13.2 Å². The van der Waals surface area contributed by atoms with Crippen LogP contribution in [-0.4, -0.2) is 6.04 Å². The molecule has 106 valence electrons. The Kier molecular flexibility index (Phi) is 4.68. The van der Waals surface area contributed by atoms with Crippen LogP contribution >= 0.6 is 11.6 Å². The van der Waals surface area contributed by atoms with Crippen LogP contribution in [0.2, 0.25) is 5.02 Å². The first-order valence-electron chi connectivity index (χ1n) is 6.10. The van der Waals surface area contributed by atoms with Crippen LogP contribution in [0.25, 0.3) is 0 Å². The van der Waals surface area contributed by atoms with Crippen molar-refractivity contribution < 1.29 is 13.2 Å². The van der Waals surface area contributed by atoms with Crippen molar-refractivity contribution in [2.45, 2.75) is 18.9 Å². The summed E-state index contributed by atoms with van der Waals surface area (Å²) in [6.45, 7) is 0. The predicted molar refractivity (Wildman–Crippen MR) is 73.2 cm³/mol. The van der Waals surface area contributed by atoms with E-state index in [-0.39, 0.29) is 23.4 Å². The van der Waals surface area contributed by atoms with Crippen LogP contribution in [0.5, 0.6) is 0 Å². The van der Waals surface area contributed by atoms with Crippen molar-refractivity contribution in [3.63, 3.8) is 0 Å². The smallest absolute Gasteiger partial charge is 0.162 e. The van der Waals surface area contributed by atoms with Gasteiger partial charge in [-0.1, -0.05) is 35.9 Å². The Bertz CT molecular complexity index is 563. The van der Waals surface area contributed by atoms with Crippen molar-refractivity contribution in [3.8, 4) is 0 Å². The van der Waals surface area contributed by atoms with Gasteiger partial charge >= 0.3 is 0 Å². The fourth-order valence-electron chi connectivity index (χ4n) is 2.05. The van der Waals surface area contributed by atoms with Gasteiger partial charge in [-0.05, 0) is 36.1 Å². The largest absolute Gasteiger partial charge is 0.327 e. The zero-order chi connectivity index (χ0) is 14.7. The van der Waals surface area contributed by atoms with Crippen LogP contribution in [0.3, 0.4) is 0 Å². The average molecular weight is 300 g/mol. The molecule has 1 nitrogen and oxygen atoms in total. The minimum atomic E-state index is -0.904. The van der Waals surface area contributed by atoms with Gasteiger partial charge in [-0.3, -0.25) is 0 Å². The van der Waals surface area contributed by atoms with E-state index in [4.69, 9.17) is 17.3 Å². The van der Waals surface area contributed by atoms with E-state index in [1.807, 2.05) is 0 Å². The fraction of sp³-hybridized carbons (Fsp3) is 0.200. The molecule has 0 saturated carbocycles. The van der Waals surface area contributed by atoms with E-state index in [0.29, 0.717) is 5.56 Å². The molecular formula is C15H13ClF3N. The van der Waals surface area contributed by atoms with E-state index in [9.17, 15) is 13.2 Å². The molecular weight excluding hydrogens is 287 g/mol. The van der Waals surface area contributed by atoms with Gasteiger partial charge in [0.15, 0.2) is 11.6 Å². The van der Waals surface area contributed by atoms with E-state index in [2.05, 4.69) is 0 Å². The summed E-state index contributed by atoms with van der Waals surface area (Å²) in [4.78, 5) is 0. The highest BCUT2D eigenvalue weighted by Crippen LogP contribution is 2.22. The standard InChI is InChI=1S/C15H13ClF3N/c16-14-9(3-1-5-12(14)17)7-11(20)8-10-4-2-6-13(18)15(10)19/h1-6,11H,7-8,20H2. The molecule has 0 aliphatic heterocycles. The van der Waals surface area contributed by atoms with Crippen molar-refractivity contribution in [2.24, 2.45) is 5.73 Å². The maximum atomic E-state index is 13.5. The van der Waals surface area contributed by atoms with E-state index >= 15 is 0 Å². The third-order valence-electron chi connectivity index (χ3n) is 3.03. The highest BCUT2D eigenvalue weighted by Gasteiger charge is 2.14. The van der Waals surface area contributed by atoms with Crippen molar-refractivity contribution in [3.05, 3.63) is 70.0 Å². The van der Waals surface area contributed by atoms with Crippen molar-refractivity contribution in [1.82, 2.24) is 0 Å². The summed E-state index contributed by atoms with van der Waals surface area (Å²) in [5, 5.41) is 0.0164. The molecule has 0 radical (unpaired) electrons. The lowest BCUT2D eigenvalue weighted by Gasteiger charge is -2.13. The highest BCUT2D eigenvalue weighted by atomic mass is 35.5. The van der Waals surface area contributed by atoms with Gasteiger partial charge < -0.3 is 5.73 Å². The molecule has 0 heterocycles. The van der Waals surface area contributed by atoms with Crippen LogP contribution in [0.1, 0.15) is 11.1 Å². The molecule has 2 aromatic rings. The summed E-state index contributed by atoms with van der Waals surface area (Å²) in [6.07, 6.45) is 0.434. The van der Waals surface area contributed by atoms with Gasteiger partial charge in [0.2, 0.25) is 0 Å². The molecule has 0 spiro atoms. The topological polar surface area (TPSA) is 26.0 Å². The minimum absolute atomic E-state index is 0.0164. The lowest BCUT2D eigenvalue weighted by molar-refractivity contribution is 0.492. The summed E-state index contributed by atoms with van der Waals surface area (Å²) < 4.78 is 39.9. The van der Waals surface area contributed by atoms with Gasteiger partial charge in [0.1, 0.15) is 5.82 Å². The number of hydrogen-bond acceptors (Lipinski definition) is 1. The summed E-state index contributed by atoms with van der Waals surface area (Å²) in [5.41, 5.74) is 6.66. The Balaban J connectivity index is 2.11. The number of nitrogens with two attached hydrogens (primary N) is 1. The number of halogens is 4. The Morgan fingerprint density at radius 3 is 2.15 bits per heavy atom. The molecule has 2 aromatic carbocycles. The third-order valence-corrected chi connectivity index (χ3v) is 3.45. The van der Waals surface area contributed by atoms with Gasteiger partial charge in [0.25, 0.3) is 0 Å². The first kappa shape index (κ1) is 14.9. The molecule has 0 aliphatic rings. The summed E-state index contributed by atoms with van der Waals surface area (Å²) in [5.74, 6) is -2.32. The van der Waals surface area contributed by atoms with Crippen molar-refractivity contribution in [2.75, 3.05) is 0 Å². The number of benzene rings is 2. The molecule has 0 fully saturated rings. The second-order valence-electron chi connectivity index (χ2n) is 4.59. The van der Waals surface area contributed by atoms with E-state index in [1.165, 1.54) is 24.3 Å². The van der Waals surface area contributed by atoms with Gasteiger partial charge in [-0.15, -0.1) is 0 Å². The van der Waals surface area contributed by atoms with E-state index < -0.39 is 23.5 Å². The lowest BCUT2D eigenvalue weighted by Crippen LogP contribution is -2.26. The quantitative estimate of drug-likeness (QED) is 0.911. The van der Waals surface area contributed by atoms with E-state index in [0.717, 1.165) is 6.07 Å². The van der Waals surface area contributed by atoms with Crippen LogP contribution in [0.15, 0.2) is 36.4 Å². The molecule has 1 unspecified atom stereocenters. The minimum Gasteiger partial charge on any atom is -0.327 e. The van der Waals surface area contributed by atoms with Gasteiger partial charge in [0.05, 0.1) is 5.02 Å². The fourth-order valence-corrected chi connectivity index (χ4v) is 2.25. The first-order chi connectivity index (χ1) is 9.49. The molecule has 2 rings (SSSR count). The molecule has 0 amide bonds. The Morgan fingerprint density at radius 2 is 1.45 bits per heavy atom. The monoisotopic (exact) mass is 299 g/mol. The normalized spacial score (nSPS) is 12.4. The van der Waals surface area contributed by atoms with Crippen molar-refractivity contribution >= 4 is 11.6 Å². The van der Waals surface area contributed by atoms with Crippen LogP contribution in [-0.2, 0) is 12.8 Å². The number of rotatable bonds is 4. The molecule has 0 aromatic heterocycles. The molecule has 20 heavy (non-hydrogen) atoms. The summed E-state index contributed by atoms with van der Waals surface area (Å²) in [6, 6.07) is 7.92. The van der Waals surface area contributed by atoms with Crippen LogP contribution in [0.4, 0.5) is 13.2 Å². The number of hydrogen-bond donors (Lipinski definition) is 1. The van der Waals surface area contributed by atoms with E-state index in [1.54, 1.807) is 6.07 Å². The zero-order valence-electron chi connectivity index (χ0n) is 10.5. The average Bonchev–Trinajstić information content (AvgIpc) is 2.40. The maximum Gasteiger partial charge on any atom is 0.162 e. The van der Waals surface area contributed by atoms with Gasteiger partial charge in [0, 0.05) is 6.04 Å². The lowest BCUT2D eigenvalue weighted by atomic mass is 9.99. The van der Waals surface area contributed by atoms with Crippen LogP contribution < -0.4 is 5.73 Å². The predicted octanol–water partition coefficient (Wildman–Crippen LogP) is 3.87. The Hall–Kier alpha value is -1.52. The summed E-state index contributed by atoms with van der Waals surface area (Å²) >= 11 is 5.83. The SMILES string of the molecule is NC(Cc1cccc(F)c1F)Cc1cccc(F)c1Cl. The van der Waals surface area contributed by atoms with Crippen molar-refractivity contribution in [1.29, 1.82) is 0 Å².